The number of hydrogen-bond donors (Lipinski definition) is 1. The van der Waals surface area contributed by atoms with Crippen molar-refractivity contribution >= 4 is 38.8 Å². The minimum Gasteiger partial charge on any atom is -0.375 e. The van der Waals surface area contributed by atoms with Crippen molar-refractivity contribution in [3.63, 3.8) is 0 Å². The number of nitrogens with two attached hydrogens (primary N) is 1. The molecule has 1 aliphatic rings. The van der Waals surface area contributed by atoms with Gasteiger partial charge in [-0.15, -0.1) is 0 Å². The van der Waals surface area contributed by atoms with Crippen molar-refractivity contribution in [3.05, 3.63) is 66.2 Å². The molecule has 4 heterocycles. The molecule has 0 spiro atoms. The molecule has 0 atom stereocenters. The van der Waals surface area contributed by atoms with E-state index >= 15 is 0 Å². The van der Waals surface area contributed by atoms with Crippen molar-refractivity contribution in [1.29, 1.82) is 0 Å². The van der Waals surface area contributed by atoms with Crippen LogP contribution in [0.2, 0.25) is 0 Å². The van der Waals surface area contributed by atoms with E-state index in [1.54, 1.807) is 18.5 Å². The van der Waals surface area contributed by atoms with Gasteiger partial charge in [0.15, 0.2) is 10.9 Å². The summed E-state index contributed by atoms with van der Waals surface area (Å²) in [6.07, 6.45) is 7.95. The maximum Gasteiger partial charge on any atom is 0.180 e. The van der Waals surface area contributed by atoms with Gasteiger partial charge in [-0.25, -0.2) is 9.97 Å². The molecule has 0 bridgehead atoms. The molecule has 0 amide bonds. The highest BCUT2D eigenvalue weighted by atomic mass is 32.1. The highest BCUT2D eigenvalue weighted by molar-refractivity contribution is 7.18. The van der Waals surface area contributed by atoms with E-state index in [4.69, 9.17) is 5.73 Å². The standard InChI is InChI=1S/C23H21N5OS/c24-23-27-14-21(30-23)16-3-4-17-13-26-19(10-18(17)9-16)12-20(29)15-5-6-25-22(11-15)28-7-1-2-8-28/h3-6,9-11,13-14H,1-2,7-8,12H2,(H2,24,27). The van der Waals surface area contributed by atoms with Crippen molar-refractivity contribution in [2.75, 3.05) is 23.7 Å². The van der Waals surface area contributed by atoms with E-state index in [1.165, 1.54) is 24.2 Å². The Kier molecular flexibility index (Phi) is 4.88. The average Bonchev–Trinajstić information content (AvgIpc) is 3.45. The first-order valence-electron chi connectivity index (χ1n) is 10.0. The van der Waals surface area contributed by atoms with Gasteiger partial charge >= 0.3 is 0 Å². The van der Waals surface area contributed by atoms with Gasteiger partial charge in [0.1, 0.15) is 5.82 Å². The lowest BCUT2D eigenvalue weighted by Gasteiger charge is -2.16. The zero-order valence-electron chi connectivity index (χ0n) is 16.4. The molecule has 0 aliphatic carbocycles. The van der Waals surface area contributed by atoms with Crippen LogP contribution in [0.3, 0.4) is 0 Å². The first kappa shape index (κ1) is 18.7. The summed E-state index contributed by atoms with van der Waals surface area (Å²) in [5, 5.41) is 2.63. The third kappa shape index (κ3) is 3.76. The van der Waals surface area contributed by atoms with Crippen LogP contribution in [-0.2, 0) is 6.42 Å². The summed E-state index contributed by atoms with van der Waals surface area (Å²) >= 11 is 1.46. The molecular formula is C23H21N5OS. The maximum atomic E-state index is 12.9. The first-order valence-corrected chi connectivity index (χ1v) is 10.8. The van der Waals surface area contributed by atoms with E-state index < -0.39 is 0 Å². The quantitative estimate of drug-likeness (QED) is 0.488. The van der Waals surface area contributed by atoms with Gasteiger partial charge in [0.05, 0.1) is 11.3 Å². The molecule has 2 N–H and O–H groups in total. The molecule has 4 aromatic rings. The summed E-state index contributed by atoms with van der Waals surface area (Å²) in [5.74, 6) is 0.939. The van der Waals surface area contributed by atoms with E-state index in [2.05, 4.69) is 25.9 Å². The lowest BCUT2D eigenvalue weighted by molar-refractivity contribution is 0.0992. The van der Waals surface area contributed by atoms with Gasteiger partial charge in [-0.05, 0) is 48.1 Å². The molecule has 1 aromatic carbocycles. The fraction of sp³-hybridized carbons (Fsp3) is 0.217. The monoisotopic (exact) mass is 415 g/mol. The number of carbonyl (C=O) groups excluding carboxylic acids is 1. The number of ketones is 1. The topological polar surface area (TPSA) is 85.0 Å². The molecular weight excluding hydrogens is 394 g/mol. The first-order chi connectivity index (χ1) is 14.7. The van der Waals surface area contributed by atoms with Crippen molar-refractivity contribution in [2.24, 2.45) is 0 Å². The summed E-state index contributed by atoms with van der Waals surface area (Å²) in [5.41, 5.74) is 8.27. The van der Waals surface area contributed by atoms with Crippen molar-refractivity contribution < 1.29 is 4.79 Å². The van der Waals surface area contributed by atoms with Crippen LogP contribution < -0.4 is 10.6 Å². The summed E-state index contributed by atoms with van der Waals surface area (Å²) in [6, 6.07) is 11.8. The Morgan fingerprint density at radius 2 is 1.87 bits per heavy atom. The van der Waals surface area contributed by atoms with E-state index in [1.807, 2.05) is 30.5 Å². The predicted octanol–water partition coefficient (Wildman–Crippen LogP) is 4.36. The molecule has 5 rings (SSSR count). The molecule has 0 radical (unpaired) electrons. The predicted molar refractivity (Wildman–Crippen MR) is 121 cm³/mol. The second kappa shape index (κ2) is 7.84. The molecule has 0 unspecified atom stereocenters. The molecule has 3 aromatic heterocycles. The highest BCUT2D eigenvalue weighted by Gasteiger charge is 2.16. The molecule has 30 heavy (non-hydrogen) atoms. The normalized spacial score (nSPS) is 13.8. The van der Waals surface area contributed by atoms with Gasteiger partial charge in [0, 0.05) is 48.3 Å². The number of Topliss-reactive ketones (excluding diaryl/α,β-unsaturated/α-hetero) is 1. The number of carbonyl (C=O) groups is 1. The van der Waals surface area contributed by atoms with Crippen molar-refractivity contribution in [3.8, 4) is 10.4 Å². The number of nitrogens with zero attached hydrogens (tertiary/aromatic N) is 4. The smallest absolute Gasteiger partial charge is 0.180 e. The Bertz CT molecular complexity index is 1230. The third-order valence-corrected chi connectivity index (χ3v) is 6.30. The third-order valence-electron chi connectivity index (χ3n) is 5.43. The summed E-state index contributed by atoms with van der Waals surface area (Å²) in [6.45, 7) is 2.01. The molecule has 1 fully saturated rings. The average molecular weight is 416 g/mol. The number of fused-ring (bicyclic) bond motifs is 1. The minimum absolute atomic E-state index is 0.0519. The second-order valence-corrected chi connectivity index (χ2v) is 8.56. The Hall–Kier alpha value is -3.32. The van der Waals surface area contributed by atoms with Gasteiger partial charge in [0.25, 0.3) is 0 Å². The van der Waals surface area contributed by atoms with E-state index in [9.17, 15) is 4.79 Å². The molecule has 6 nitrogen and oxygen atoms in total. The number of rotatable bonds is 5. The van der Waals surface area contributed by atoms with Crippen LogP contribution in [-0.4, -0.2) is 33.8 Å². The van der Waals surface area contributed by atoms with E-state index in [0.717, 1.165) is 45.8 Å². The van der Waals surface area contributed by atoms with Gasteiger partial charge < -0.3 is 10.6 Å². The van der Waals surface area contributed by atoms with Gasteiger partial charge in [0.2, 0.25) is 0 Å². The Labute approximate surface area is 178 Å². The number of nitrogen functional groups attached to an aromatic ring is 1. The van der Waals surface area contributed by atoms with Gasteiger partial charge in [-0.1, -0.05) is 23.5 Å². The lowest BCUT2D eigenvalue weighted by Crippen LogP contribution is -2.19. The molecule has 7 heteroatoms. The number of anilines is 2. The zero-order chi connectivity index (χ0) is 20.5. The Morgan fingerprint density at radius 1 is 1.00 bits per heavy atom. The van der Waals surface area contributed by atoms with E-state index in [0.29, 0.717) is 10.7 Å². The van der Waals surface area contributed by atoms with E-state index in [-0.39, 0.29) is 12.2 Å². The fourth-order valence-electron chi connectivity index (χ4n) is 3.84. The summed E-state index contributed by atoms with van der Waals surface area (Å²) in [4.78, 5) is 29.2. The van der Waals surface area contributed by atoms with Crippen LogP contribution in [0, 0.1) is 0 Å². The summed E-state index contributed by atoms with van der Waals surface area (Å²) < 4.78 is 0. The van der Waals surface area contributed by atoms with Crippen LogP contribution in [0.4, 0.5) is 10.9 Å². The van der Waals surface area contributed by atoms with Crippen LogP contribution in [0.5, 0.6) is 0 Å². The van der Waals surface area contributed by atoms with Gasteiger partial charge in [-0.3, -0.25) is 9.78 Å². The summed E-state index contributed by atoms with van der Waals surface area (Å²) in [7, 11) is 0. The Balaban J connectivity index is 1.39. The van der Waals surface area contributed by atoms with Crippen LogP contribution >= 0.6 is 11.3 Å². The molecule has 150 valence electrons. The maximum absolute atomic E-state index is 12.9. The number of benzene rings is 1. The zero-order valence-corrected chi connectivity index (χ0v) is 17.2. The minimum atomic E-state index is 0.0519. The van der Waals surface area contributed by atoms with Crippen LogP contribution in [0.25, 0.3) is 21.2 Å². The highest BCUT2D eigenvalue weighted by Crippen LogP contribution is 2.30. The fourth-order valence-corrected chi connectivity index (χ4v) is 4.52. The molecule has 0 saturated carbocycles. The molecule has 1 aliphatic heterocycles. The Morgan fingerprint density at radius 3 is 2.67 bits per heavy atom. The number of thiazole rings is 1. The number of aromatic nitrogens is 3. The lowest BCUT2D eigenvalue weighted by atomic mass is 10.0. The van der Waals surface area contributed by atoms with Crippen LogP contribution in [0.15, 0.2) is 55.0 Å². The van der Waals surface area contributed by atoms with Crippen molar-refractivity contribution in [1.82, 2.24) is 15.0 Å². The number of pyridine rings is 2. The van der Waals surface area contributed by atoms with Crippen molar-refractivity contribution in [2.45, 2.75) is 19.3 Å². The second-order valence-electron chi connectivity index (χ2n) is 7.50. The van der Waals surface area contributed by atoms with Crippen LogP contribution in [0.1, 0.15) is 28.9 Å². The largest absolute Gasteiger partial charge is 0.375 e. The number of hydrogen-bond acceptors (Lipinski definition) is 7. The van der Waals surface area contributed by atoms with Gasteiger partial charge in [-0.2, -0.15) is 0 Å². The molecule has 1 saturated heterocycles. The SMILES string of the molecule is Nc1ncc(-c2ccc3cnc(CC(=O)c4ccnc(N5CCCC5)c4)cc3c2)s1.